The summed E-state index contributed by atoms with van der Waals surface area (Å²) >= 11 is 0. The first-order chi connectivity index (χ1) is 15.5. The third-order valence-electron chi connectivity index (χ3n) is 6.31. The van der Waals surface area contributed by atoms with Crippen LogP contribution in [0.5, 0.6) is 5.75 Å². The van der Waals surface area contributed by atoms with Crippen molar-refractivity contribution in [3.63, 3.8) is 0 Å². The fourth-order valence-electron chi connectivity index (χ4n) is 3.93. The molecule has 174 valence electrons. The quantitative estimate of drug-likeness (QED) is 0.321. The molecule has 0 atom stereocenters. The molecule has 7 heteroatoms. The Labute approximate surface area is 191 Å². The Bertz CT molecular complexity index is 816. The minimum atomic E-state index is -0.0391. The van der Waals surface area contributed by atoms with Crippen LogP contribution in [0.2, 0.25) is 0 Å². The second-order valence-electron chi connectivity index (χ2n) is 9.15. The molecule has 7 nitrogen and oxygen atoms in total. The van der Waals surface area contributed by atoms with Gasteiger partial charge in [-0.05, 0) is 76.1 Å². The number of unbranched alkanes of at least 4 members (excludes halogenated alkanes) is 2. The van der Waals surface area contributed by atoms with Crippen molar-refractivity contribution < 1.29 is 9.47 Å². The average Bonchev–Trinajstić information content (AvgIpc) is 2.82. The molecule has 1 aliphatic rings. The van der Waals surface area contributed by atoms with Crippen LogP contribution in [0.3, 0.4) is 0 Å². The molecule has 2 aromatic rings. The number of anilines is 1. The van der Waals surface area contributed by atoms with Crippen LogP contribution >= 0.6 is 0 Å². The van der Waals surface area contributed by atoms with Crippen LogP contribution in [-0.2, 0) is 4.74 Å². The van der Waals surface area contributed by atoms with Crippen LogP contribution in [0, 0.1) is 10.8 Å². The zero-order chi connectivity index (χ0) is 22.8. The Morgan fingerprint density at radius 2 is 1.75 bits per heavy atom. The molecule has 0 N–H and O–H groups in total. The van der Waals surface area contributed by atoms with Crippen molar-refractivity contribution in [2.24, 2.45) is 11.1 Å². The highest BCUT2D eigenvalue weighted by atomic mass is 16.5. The van der Waals surface area contributed by atoms with Gasteiger partial charge in [0.15, 0.2) is 5.82 Å². The zero-order valence-electron chi connectivity index (χ0n) is 19.6. The van der Waals surface area contributed by atoms with Crippen LogP contribution < -0.4 is 9.64 Å². The Morgan fingerprint density at radius 3 is 2.38 bits per heavy atom. The van der Waals surface area contributed by atoms with E-state index in [1.165, 1.54) is 0 Å². The Hall–Kier alpha value is -2.54. The highest BCUT2D eigenvalue weighted by molar-refractivity contribution is 5.57. The topological polar surface area (TPSA) is 76.9 Å². The molecule has 0 radical (unpaired) electrons. The first kappa shape index (κ1) is 24.1. The fourth-order valence-corrected chi connectivity index (χ4v) is 3.93. The van der Waals surface area contributed by atoms with Gasteiger partial charge in [-0.1, -0.05) is 11.6 Å². The number of hydrogen-bond donors (Lipinski definition) is 0. The maximum Gasteiger partial charge on any atom is 0.159 e. The number of nitroso groups, excluding NO2 is 1. The number of rotatable bonds is 12. The van der Waals surface area contributed by atoms with Gasteiger partial charge in [-0.15, -0.1) is 0 Å². The number of hydrogen-bond acceptors (Lipinski definition) is 7. The lowest BCUT2D eigenvalue weighted by Crippen LogP contribution is -2.34. The van der Waals surface area contributed by atoms with E-state index in [9.17, 15) is 4.91 Å². The Balaban J connectivity index is 1.42. The van der Waals surface area contributed by atoms with Gasteiger partial charge in [0, 0.05) is 25.8 Å². The molecule has 0 aliphatic carbocycles. The molecule has 1 aromatic heterocycles. The van der Waals surface area contributed by atoms with Gasteiger partial charge < -0.3 is 14.4 Å². The normalized spacial score (nSPS) is 15.0. The smallest absolute Gasteiger partial charge is 0.159 e. The molecule has 0 unspecified atom stereocenters. The molecule has 3 rings (SSSR count). The van der Waals surface area contributed by atoms with Gasteiger partial charge in [-0.25, -0.2) is 9.97 Å². The molecule has 0 saturated carbocycles. The second kappa shape index (κ2) is 11.9. The first-order valence-electron chi connectivity index (χ1n) is 11.7. The highest BCUT2D eigenvalue weighted by Gasteiger charge is 2.20. The maximum absolute atomic E-state index is 10.5. The molecule has 0 spiro atoms. The van der Waals surface area contributed by atoms with E-state index < -0.39 is 0 Å². The van der Waals surface area contributed by atoms with Crippen molar-refractivity contribution in [2.75, 3.05) is 38.3 Å². The van der Waals surface area contributed by atoms with Gasteiger partial charge in [0.25, 0.3) is 0 Å². The minimum absolute atomic E-state index is 0.0391. The van der Waals surface area contributed by atoms with Gasteiger partial charge in [0.2, 0.25) is 0 Å². The molecule has 1 aliphatic heterocycles. The van der Waals surface area contributed by atoms with Gasteiger partial charge in [-0.3, -0.25) is 0 Å². The Morgan fingerprint density at radius 1 is 1.06 bits per heavy atom. The van der Waals surface area contributed by atoms with Gasteiger partial charge in [0.1, 0.15) is 5.75 Å². The summed E-state index contributed by atoms with van der Waals surface area (Å²) in [6.07, 6.45) is 10.1. The lowest BCUT2D eigenvalue weighted by Gasteiger charge is -2.32. The summed E-state index contributed by atoms with van der Waals surface area (Å²) in [5.74, 6) is 1.99. The predicted octanol–water partition coefficient (Wildman–Crippen LogP) is 5.49. The van der Waals surface area contributed by atoms with Crippen LogP contribution in [0.4, 0.5) is 5.69 Å². The maximum atomic E-state index is 10.5. The van der Waals surface area contributed by atoms with E-state index >= 15 is 0 Å². The zero-order valence-corrected chi connectivity index (χ0v) is 19.6. The molecular formula is C25H36N4O3. The summed E-state index contributed by atoms with van der Waals surface area (Å²) < 4.78 is 11.3. The number of nitrogens with zero attached hydrogens (tertiary/aromatic N) is 4. The van der Waals surface area contributed by atoms with Crippen molar-refractivity contribution in [3.05, 3.63) is 41.6 Å². The number of benzene rings is 1. The standard InChI is InChI=1S/C25H36N4O3/c1-25(2,31-3)13-5-4-6-16-32-23-9-7-21(8-10-23)24-26-18-22(19-27-24)29-14-11-20(12-15-29)17-28-30/h7-10,18-20H,4-6,11-17H2,1-3H3. The molecule has 1 saturated heterocycles. The highest BCUT2D eigenvalue weighted by Crippen LogP contribution is 2.25. The summed E-state index contributed by atoms with van der Waals surface area (Å²) in [4.78, 5) is 21.8. The largest absolute Gasteiger partial charge is 0.494 e. The van der Waals surface area contributed by atoms with Crippen molar-refractivity contribution in [3.8, 4) is 17.1 Å². The lowest BCUT2D eigenvalue weighted by atomic mass is 9.97. The van der Waals surface area contributed by atoms with E-state index in [1.54, 1.807) is 7.11 Å². The van der Waals surface area contributed by atoms with Crippen LogP contribution in [-0.4, -0.2) is 48.9 Å². The molecule has 0 bridgehead atoms. The summed E-state index contributed by atoms with van der Waals surface area (Å²) in [7, 11) is 1.77. The van der Waals surface area contributed by atoms with Crippen LogP contribution in [0.1, 0.15) is 52.4 Å². The van der Waals surface area contributed by atoms with Crippen LogP contribution in [0.15, 0.2) is 41.8 Å². The number of ether oxygens (including phenoxy) is 2. The van der Waals surface area contributed by atoms with E-state index in [4.69, 9.17) is 9.47 Å². The van der Waals surface area contributed by atoms with E-state index in [1.807, 2.05) is 36.7 Å². The Kier molecular flexibility index (Phi) is 8.97. The van der Waals surface area contributed by atoms with Crippen molar-refractivity contribution in [2.45, 2.75) is 58.0 Å². The molecule has 32 heavy (non-hydrogen) atoms. The molecule has 0 amide bonds. The van der Waals surface area contributed by atoms with Gasteiger partial charge in [-0.2, -0.15) is 4.91 Å². The molecular weight excluding hydrogens is 404 g/mol. The summed E-state index contributed by atoms with van der Waals surface area (Å²) in [6.45, 7) is 7.23. The van der Waals surface area contributed by atoms with Crippen molar-refractivity contribution >= 4 is 5.69 Å². The second-order valence-corrected chi connectivity index (χ2v) is 9.15. The van der Waals surface area contributed by atoms with E-state index in [0.29, 0.717) is 18.3 Å². The third kappa shape index (κ3) is 7.26. The first-order valence-corrected chi connectivity index (χ1v) is 11.7. The summed E-state index contributed by atoms with van der Waals surface area (Å²) in [5.41, 5.74) is 1.96. The average molecular weight is 441 g/mol. The predicted molar refractivity (Wildman–Crippen MR) is 128 cm³/mol. The van der Waals surface area contributed by atoms with E-state index in [-0.39, 0.29) is 5.60 Å². The van der Waals surface area contributed by atoms with Crippen molar-refractivity contribution in [1.82, 2.24) is 9.97 Å². The molecule has 1 aromatic carbocycles. The fraction of sp³-hybridized carbons (Fsp3) is 0.600. The number of piperidine rings is 1. The number of methoxy groups -OCH3 is 1. The molecule has 1 fully saturated rings. The monoisotopic (exact) mass is 440 g/mol. The van der Waals surface area contributed by atoms with Gasteiger partial charge >= 0.3 is 0 Å². The number of aromatic nitrogens is 2. The van der Waals surface area contributed by atoms with E-state index in [0.717, 1.165) is 75.2 Å². The van der Waals surface area contributed by atoms with Crippen molar-refractivity contribution in [1.29, 1.82) is 0 Å². The lowest BCUT2D eigenvalue weighted by molar-refractivity contribution is 0.0132. The third-order valence-corrected chi connectivity index (χ3v) is 6.31. The minimum Gasteiger partial charge on any atom is -0.494 e. The van der Waals surface area contributed by atoms with Crippen LogP contribution in [0.25, 0.3) is 11.4 Å². The SMILES string of the molecule is COC(C)(C)CCCCCOc1ccc(-c2ncc(N3CCC(CN=O)CC3)cn2)cc1. The summed E-state index contributed by atoms with van der Waals surface area (Å²) in [6, 6.07) is 7.96. The molecule has 2 heterocycles. The van der Waals surface area contributed by atoms with E-state index in [2.05, 4.69) is 33.9 Å². The van der Waals surface area contributed by atoms with Gasteiger partial charge in [0.05, 0.1) is 36.8 Å². The summed E-state index contributed by atoms with van der Waals surface area (Å²) in [5, 5.41) is 3.04.